The van der Waals surface area contributed by atoms with E-state index in [1.54, 1.807) is 27.9 Å². The van der Waals surface area contributed by atoms with Gasteiger partial charge in [-0.15, -0.1) is 11.8 Å². The average Bonchev–Trinajstić information content (AvgIpc) is 3.07. The van der Waals surface area contributed by atoms with Crippen LogP contribution in [-0.2, 0) is 32.3 Å². The molecule has 162 valence electrons. The van der Waals surface area contributed by atoms with Crippen LogP contribution in [0, 0.1) is 0 Å². The van der Waals surface area contributed by atoms with Gasteiger partial charge in [-0.2, -0.15) is 4.57 Å². The van der Waals surface area contributed by atoms with E-state index < -0.39 is 23.8 Å². The van der Waals surface area contributed by atoms with E-state index in [0.29, 0.717) is 36.4 Å². The SMILES string of the molecule is NC(=O)C[n+]1ccc(CN2CCC(=CC3=C(C(=O)O)N4C(=O)[C@@H](N)[C@H]4SC3)C2=O)cc1. The number of carboxylic acid groups (broad SMARTS) is 1. The molecule has 4 heterocycles. The van der Waals surface area contributed by atoms with Gasteiger partial charge < -0.3 is 21.5 Å². The zero-order valence-electron chi connectivity index (χ0n) is 16.6. The van der Waals surface area contributed by atoms with Gasteiger partial charge in [0.25, 0.3) is 5.91 Å². The fraction of sp³-hybridized carbons (Fsp3) is 0.350. The number of amides is 3. The first-order chi connectivity index (χ1) is 14.8. The summed E-state index contributed by atoms with van der Waals surface area (Å²) in [5.41, 5.74) is 12.7. The first-order valence-electron chi connectivity index (χ1n) is 9.69. The Bertz CT molecular complexity index is 1030. The van der Waals surface area contributed by atoms with Crippen molar-refractivity contribution in [3.63, 3.8) is 0 Å². The van der Waals surface area contributed by atoms with Gasteiger partial charge in [0.2, 0.25) is 18.4 Å². The molecule has 3 aliphatic heterocycles. The number of carbonyl (C=O) groups excluding carboxylic acids is 3. The second kappa shape index (κ2) is 8.16. The second-order valence-electron chi connectivity index (χ2n) is 7.61. The number of hydrogen-bond donors (Lipinski definition) is 3. The summed E-state index contributed by atoms with van der Waals surface area (Å²) in [6, 6.07) is 2.95. The summed E-state index contributed by atoms with van der Waals surface area (Å²) < 4.78 is 1.65. The molecule has 0 saturated carbocycles. The van der Waals surface area contributed by atoms with E-state index in [2.05, 4.69) is 0 Å². The number of likely N-dealkylation sites (tertiary alicyclic amines) is 1. The molecule has 0 radical (unpaired) electrons. The largest absolute Gasteiger partial charge is 0.477 e. The minimum atomic E-state index is -1.20. The van der Waals surface area contributed by atoms with Crippen molar-refractivity contribution < 1.29 is 28.9 Å². The Hall–Kier alpha value is -3.18. The molecule has 5 N–H and O–H groups in total. The topological polar surface area (TPSA) is 151 Å². The van der Waals surface area contributed by atoms with Gasteiger partial charge in [0.05, 0.1) is 0 Å². The van der Waals surface area contributed by atoms with E-state index in [1.165, 1.54) is 16.7 Å². The van der Waals surface area contributed by atoms with Crippen molar-refractivity contribution in [2.45, 2.75) is 30.9 Å². The molecule has 3 aliphatic rings. The summed E-state index contributed by atoms with van der Waals surface area (Å²) >= 11 is 1.40. The van der Waals surface area contributed by atoms with Crippen LogP contribution in [0.4, 0.5) is 0 Å². The number of aliphatic carboxylic acids is 1. The molecule has 10 nitrogen and oxygen atoms in total. The van der Waals surface area contributed by atoms with Gasteiger partial charge in [-0.05, 0) is 23.6 Å². The van der Waals surface area contributed by atoms with Crippen LogP contribution in [0.3, 0.4) is 0 Å². The summed E-state index contributed by atoms with van der Waals surface area (Å²) in [4.78, 5) is 50.6. The Kier molecular flexibility index (Phi) is 5.54. The molecule has 0 unspecified atom stereocenters. The van der Waals surface area contributed by atoms with Crippen LogP contribution >= 0.6 is 11.8 Å². The number of thioether (sulfide) groups is 1. The van der Waals surface area contributed by atoms with Gasteiger partial charge >= 0.3 is 5.97 Å². The Morgan fingerprint density at radius 2 is 2.00 bits per heavy atom. The first kappa shape index (κ1) is 21.1. The highest BCUT2D eigenvalue weighted by Crippen LogP contribution is 2.40. The number of fused-ring (bicyclic) bond motifs is 1. The van der Waals surface area contributed by atoms with Crippen LogP contribution in [-0.4, -0.2) is 62.3 Å². The zero-order chi connectivity index (χ0) is 22.3. The number of carboxylic acids is 1. The number of β-lactam (4-membered cyclic amide) rings is 1. The van der Waals surface area contributed by atoms with E-state index in [4.69, 9.17) is 11.5 Å². The molecular weight excluding hydrogens is 422 g/mol. The van der Waals surface area contributed by atoms with Crippen molar-refractivity contribution >= 4 is 35.5 Å². The first-order valence-corrected chi connectivity index (χ1v) is 10.7. The quantitative estimate of drug-likeness (QED) is 0.280. The molecule has 0 spiro atoms. The maximum Gasteiger partial charge on any atom is 0.352 e. The number of pyridine rings is 1. The number of carbonyl (C=O) groups is 4. The average molecular weight is 444 g/mol. The predicted molar refractivity (Wildman–Crippen MR) is 110 cm³/mol. The summed E-state index contributed by atoms with van der Waals surface area (Å²) in [7, 11) is 0. The molecule has 31 heavy (non-hydrogen) atoms. The minimum absolute atomic E-state index is 0.0835. The summed E-state index contributed by atoms with van der Waals surface area (Å²) in [6.45, 7) is 0.995. The van der Waals surface area contributed by atoms with Gasteiger partial charge in [0.15, 0.2) is 12.4 Å². The van der Waals surface area contributed by atoms with Crippen molar-refractivity contribution in [3.8, 4) is 0 Å². The van der Waals surface area contributed by atoms with E-state index in [9.17, 15) is 24.3 Å². The summed E-state index contributed by atoms with van der Waals surface area (Å²) in [6.07, 6.45) is 5.56. The third-order valence-corrected chi connectivity index (χ3v) is 6.80. The number of nitrogens with zero attached hydrogens (tertiary/aromatic N) is 3. The van der Waals surface area contributed by atoms with Crippen LogP contribution < -0.4 is 16.0 Å². The van der Waals surface area contributed by atoms with Gasteiger partial charge in [-0.25, -0.2) is 4.79 Å². The zero-order valence-corrected chi connectivity index (χ0v) is 17.4. The Labute approximate surface area is 182 Å². The molecule has 1 aromatic heterocycles. The maximum atomic E-state index is 12.9. The highest BCUT2D eigenvalue weighted by atomic mass is 32.2. The molecule has 0 aliphatic carbocycles. The fourth-order valence-electron chi connectivity index (χ4n) is 3.91. The summed E-state index contributed by atoms with van der Waals surface area (Å²) in [5, 5.41) is 9.27. The Morgan fingerprint density at radius 1 is 1.29 bits per heavy atom. The van der Waals surface area contributed by atoms with Crippen molar-refractivity contribution in [3.05, 3.63) is 53.0 Å². The molecule has 2 fully saturated rings. The van der Waals surface area contributed by atoms with Crippen molar-refractivity contribution in [1.29, 1.82) is 0 Å². The normalized spacial score (nSPS) is 24.5. The van der Waals surface area contributed by atoms with Gasteiger partial charge in [-0.1, -0.05) is 0 Å². The lowest BCUT2D eigenvalue weighted by Gasteiger charge is -2.47. The molecule has 3 amide bonds. The second-order valence-corrected chi connectivity index (χ2v) is 8.71. The van der Waals surface area contributed by atoms with Crippen LogP contribution in [0.2, 0.25) is 0 Å². The smallest absolute Gasteiger partial charge is 0.352 e. The third-order valence-electron chi connectivity index (χ3n) is 5.47. The lowest BCUT2D eigenvalue weighted by Crippen LogP contribution is -2.68. The highest BCUT2D eigenvalue weighted by Gasteiger charge is 2.51. The lowest BCUT2D eigenvalue weighted by atomic mass is 10.0. The molecule has 0 bridgehead atoms. The maximum absolute atomic E-state index is 12.9. The van der Waals surface area contributed by atoms with Gasteiger partial charge in [0.1, 0.15) is 17.1 Å². The Morgan fingerprint density at radius 3 is 2.65 bits per heavy atom. The molecule has 2 atom stereocenters. The van der Waals surface area contributed by atoms with Crippen molar-refractivity contribution in [2.24, 2.45) is 11.5 Å². The third kappa shape index (κ3) is 3.93. The number of allylic oxidation sites excluding steroid dienone is 1. The standard InChI is InChI=1S/C20H21N5O5S/c21-14(26)9-23-4-1-11(2-5-23)8-24-6-3-12(17(24)27)7-13-10-31-19-15(22)18(28)25(19)16(13)20(29)30/h1-2,4-5,7,15,19H,3,6,8-10,22H2,(H2-,21,26,29,30)/p+1/t15-,19-/m1/s1. The Balaban J connectivity index is 1.50. The minimum Gasteiger partial charge on any atom is -0.477 e. The van der Waals surface area contributed by atoms with Crippen molar-refractivity contribution in [1.82, 2.24) is 9.80 Å². The van der Waals surface area contributed by atoms with Crippen LogP contribution in [0.5, 0.6) is 0 Å². The van der Waals surface area contributed by atoms with E-state index in [-0.39, 0.29) is 23.5 Å². The monoisotopic (exact) mass is 444 g/mol. The highest BCUT2D eigenvalue weighted by molar-refractivity contribution is 8.00. The predicted octanol–water partition coefficient (Wildman–Crippen LogP) is -1.30. The number of hydrogen-bond acceptors (Lipinski definition) is 6. The molecule has 4 rings (SSSR count). The molecule has 2 saturated heterocycles. The van der Waals surface area contributed by atoms with E-state index in [0.717, 1.165) is 5.56 Å². The molecule has 11 heteroatoms. The van der Waals surface area contributed by atoms with E-state index >= 15 is 0 Å². The molecule has 0 aromatic carbocycles. The number of rotatable bonds is 6. The molecule has 1 aromatic rings. The number of aromatic nitrogens is 1. The number of primary amides is 1. The van der Waals surface area contributed by atoms with Gasteiger partial charge in [0, 0.05) is 36.5 Å². The lowest BCUT2D eigenvalue weighted by molar-refractivity contribution is -0.684. The number of nitrogens with two attached hydrogens (primary N) is 2. The van der Waals surface area contributed by atoms with Crippen LogP contribution in [0.25, 0.3) is 0 Å². The van der Waals surface area contributed by atoms with Crippen molar-refractivity contribution in [2.75, 3.05) is 12.3 Å². The summed E-state index contributed by atoms with van der Waals surface area (Å²) in [5.74, 6) is -1.84. The van der Waals surface area contributed by atoms with Crippen LogP contribution in [0.1, 0.15) is 12.0 Å². The van der Waals surface area contributed by atoms with E-state index in [1.807, 2.05) is 12.1 Å². The molecular formula is C20H22N5O5S+. The van der Waals surface area contributed by atoms with Crippen LogP contribution in [0.15, 0.2) is 47.4 Å². The fourth-order valence-corrected chi connectivity index (χ4v) is 5.16. The van der Waals surface area contributed by atoms with Gasteiger partial charge in [-0.3, -0.25) is 19.3 Å².